The quantitative estimate of drug-likeness (QED) is 0.753. The van der Waals surface area contributed by atoms with E-state index in [0.29, 0.717) is 19.1 Å². The zero-order valence-electron chi connectivity index (χ0n) is 12.2. The van der Waals surface area contributed by atoms with Gasteiger partial charge in [-0.2, -0.15) is 0 Å². The van der Waals surface area contributed by atoms with E-state index in [4.69, 9.17) is 0 Å². The Bertz CT molecular complexity index is 389. The molecule has 0 saturated carbocycles. The Kier molecular flexibility index (Phi) is 6.26. The van der Waals surface area contributed by atoms with E-state index >= 15 is 0 Å². The van der Waals surface area contributed by atoms with Crippen molar-refractivity contribution in [1.29, 1.82) is 0 Å². The second-order valence-corrected chi connectivity index (χ2v) is 7.77. The Balaban J connectivity index is 2.68. The van der Waals surface area contributed by atoms with Gasteiger partial charge in [-0.15, -0.1) is 0 Å². The first-order valence-corrected chi connectivity index (χ1v) is 9.02. The lowest BCUT2D eigenvalue weighted by atomic mass is 10.2. The van der Waals surface area contributed by atoms with Crippen molar-refractivity contribution in [2.75, 3.05) is 25.9 Å². The summed E-state index contributed by atoms with van der Waals surface area (Å²) in [6.45, 7) is 5.81. The van der Waals surface area contributed by atoms with Gasteiger partial charge in [0.2, 0.25) is 5.91 Å². The highest BCUT2D eigenvalue weighted by Gasteiger charge is 2.29. The van der Waals surface area contributed by atoms with Crippen LogP contribution in [-0.2, 0) is 14.6 Å². The third-order valence-corrected chi connectivity index (χ3v) is 5.17. The van der Waals surface area contributed by atoms with Crippen LogP contribution in [0.15, 0.2) is 0 Å². The molecule has 0 spiro atoms. The van der Waals surface area contributed by atoms with Gasteiger partial charge in [-0.25, -0.2) is 8.42 Å². The standard InChI is InChI=1S/C13H26N2O3S/c1-4-5-9-15(10-12-7-6-8-14-12)13(16)11(2)19(3,17)18/h11-12,14H,4-10H2,1-3H3. The number of nitrogens with one attached hydrogen (secondary N) is 1. The van der Waals surface area contributed by atoms with Crippen molar-refractivity contribution < 1.29 is 13.2 Å². The number of unbranched alkanes of at least 4 members (excludes halogenated alkanes) is 1. The van der Waals surface area contributed by atoms with Crippen molar-refractivity contribution in [2.24, 2.45) is 0 Å². The molecule has 1 rings (SSSR count). The number of carbonyl (C=O) groups is 1. The van der Waals surface area contributed by atoms with E-state index < -0.39 is 15.1 Å². The van der Waals surface area contributed by atoms with Crippen molar-refractivity contribution in [3.05, 3.63) is 0 Å². The fourth-order valence-electron chi connectivity index (χ4n) is 2.26. The molecule has 1 saturated heterocycles. The Labute approximate surface area is 116 Å². The minimum absolute atomic E-state index is 0.260. The molecule has 112 valence electrons. The smallest absolute Gasteiger partial charge is 0.240 e. The Morgan fingerprint density at radius 1 is 1.47 bits per heavy atom. The van der Waals surface area contributed by atoms with Gasteiger partial charge in [-0.05, 0) is 32.7 Å². The molecule has 2 unspecified atom stereocenters. The van der Waals surface area contributed by atoms with Crippen molar-refractivity contribution in [3.8, 4) is 0 Å². The molecular formula is C13H26N2O3S. The van der Waals surface area contributed by atoms with E-state index in [1.165, 1.54) is 6.92 Å². The Morgan fingerprint density at radius 3 is 2.63 bits per heavy atom. The fourth-order valence-corrected chi connectivity index (χ4v) is 2.77. The van der Waals surface area contributed by atoms with Crippen LogP contribution in [-0.4, -0.2) is 56.4 Å². The lowest BCUT2D eigenvalue weighted by molar-refractivity contribution is -0.130. The minimum Gasteiger partial charge on any atom is -0.340 e. The van der Waals surface area contributed by atoms with Crippen molar-refractivity contribution >= 4 is 15.7 Å². The number of hydrogen-bond acceptors (Lipinski definition) is 4. The van der Waals surface area contributed by atoms with Gasteiger partial charge in [0.05, 0.1) is 0 Å². The van der Waals surface area contributed by atoms with Gasteiger partial charge in [0, 0.05) is 25.4 Å². The Morgan fingerprint density at radius 2 is 2.16 bits per heavy atom. The maximum Gasteiger partial charge on any atom is 0.240 e. The van der Waals surface area contributed by atoms with Gasteiger partial charge in [-0.1, -0.05) is 13.3 Å². The van der Waals surface area contributed by atoms with Crippen LogP contribution >= 0.6 is 0 Å². The third-order valence-electron chi connectivity index (χ3n) is 3.69. The molecule has 1 N–H and O–H groups in total. The van der Waals surface area contributed by atoms with Crippen LogP contribution in [0.5, 0.6) is 0 Å². The zero-order chi connectivity index (χ0) is 14.5. The maximum atomic E-state index is 12.3. The van der Waals surface area contributed by atoms with E-state index in [9.17, 15) is 13.2 Å². The SMILES string of the molecule is CCCCN(CC1CCCN1)C(=O)C(C)S(C)(=O)=O. The molecule has 1 fully saturated rings. The van der Waals surface area contributed by atoms with Gasteiger partial charge in [0.25, 0.3) is 0 Å². The normalized spacial score (nSPS) is 21.3. The Hall–Kier alpha value is -0.620. The van der Waals surface area contributed by atoms with Gasteiger partial charge in [0.15, 0.2) is 9.84 Å². The van der Waals surface area contributed by atoms with E-state index in [0.717, 1.165) is 38.5 Å². The molecule has 19 heavy (non-hydrogen) atoms. The first kappa shape index (κ1) is 16.4. The van der Waals surface area contributed by atoms with Gasteiger partial charge >= 0.3 is 0 Å². The van der Waals surface area contributed by atoms with Crippen LogP contribution in [0.25, 0.3) is 0 Å². The van der Waals surface area contributed by atoms with Crippen LogP contribution < -0.4 is 5.32 Å². The largest absolute Gasteiger partial charge is 0.340 e. The summed E-state index contributed by atoms with van der Waals surface area (Å²) >= 11 is 0. The highest BCUT2D eigenvalue weighted by Crippen LogP contribution is 2.11. The van der Waals surface area contributed by atoms with Crippen molar-refractivity contribution in [3.63, 3.8) is 0 Å². The summed E-state index contributed by atoms with van der Waals surface area (Å²) in [7, 11) is -3.32. The molecule has 1 amide bonds. The highest BCUT2D eigenvalue weighted by atomic mass is 32.2. The van der Waals surface area contributed by atoms with Crippen LogP contribution in [0.3, 0.4) is 0 Å². The zero-order valence-corrected chi connectivity index (χ0v) is 13.0. The highest BCUT2D eigenvalue weighted by molar-refractivity contribution is 7.92. The number of rotatable bonds is 7. The van der Waals surface area contributed by atoms with Crippen molar-refractivity contribution in [1.82, 2.24) is 10.2 Å². The van der Waals surface area contributed by atoms with Gasteiger partial charge in [0.1, 0.15) is 5.25 Å². The average Bonchev–Trinajstić information content (AvgIpc) is 2.84. The fraction of sp³-hybridized carbons (Fsp3) is 0.923. The summed E-state index contributed by atoms with van der Waals surface area (Å²) in [5, 5.41) is 2.41. The summed E-state index contributed by atoms with van der Waals surface area (Å²) in [5.41, 5.74) is 0. The molecule has 2 atom stereocenters. The average molecular weight is 290 g/mol. The number of nitrogens with zero attached hydrogens (tertiary/aromatic N) is 1. The van der Waals surface area contributed by atoms with E-state index in [1.807, 2.05) is 0 Å². The summed E-state index contributed by atoms with van der Waals surface area (Å²) in [4.78, 5) is 14.0. The van der Waals surface area contributed by atoms with E-state index in [-0.39, 0.29) is 5.91 Å². The number of hydrogen-bond donors (Lipinski definition) is 1. The van der Waals surface area contributed by atoms with Crippen LogP contribution in [0, 0.1) is 0 Å². The topological polar surface area (TPSA) is 66.5 Å². The lowest BCUT2D eigenvalue weighted by Gasteiger charge is -2.28. The summed E-state index contributed by atoms with van der Waals surface area (Å²) in [6.07, 6.45) is 5.22. The molecule has 0 aromatic carbocycles. The van der Waals surface area contributed by atoms with Gasteiger partial charge in [-0.3, -0.25) is 4.79 Å². The minimum atomic E-state index is -3.32. The van der Waals surface area contributed by atoms with Crippen LogP contribution in [0.1, 0.15) is 39.5 Å². The van der Waals surface area contributed by atoms with Crippen molar-refractivity contribution in [2.45, 2.75) is 50.8 Å². The number of carbonyl (C=O) groups excluding carboxylic acids is 1. The molecule has 1 heterocycles. The predicted molar refractivity (Wildman–Crippen MR) is 76.8 cm³/mol. The first-order chi connectivity index (χ1) is 8.86. The molecule has 6 heteroatoms. The number of sulfone groups is 1. The summed E-state index contributed by atoms with van der Waals surface area (Å²) < 4.78 is 23.1. The molecule has 1 aliphatic rings. The molecule has 0 aromatic rings. The predicted octanol–water partition coefficient (Wildman–Crippen LogP) is 0.800. The summed E-state index contributed by atoms with van der Waals surface area (Å²) in [6, 6.07) is 0.313. The lowest BCUT2D eigenvalue weighted by Crippen LogP contribution is -2.47. The summed E-state index contributed by atoms with van der Waals surface area (Å²) in [5.74, 6) is -0.260. The van der Waals surface area contributed by atoms with E-state index in [2.05, 4.69) is 12.2 Å². The second-order valence-electron chi connectivity index (χ2n) is 5.40. The molecule has 0 aliphatic carbocycles. The first-order valence-electron chi connectivity index (χ1n) is 7.07. The molecule has 0 bridgehead atoms. The second kappa shape index (κ2) is 7.24. The maximum absolute atomic E-state index is 12.3. The van der Waals surface area contributed by atoms with Crippen LogP contribution in [0.2, 0.25) is 0 Å². The third kappa shape index (κ3) is 5.10. The van der Waals surface area contributed by atoms with Crippen LogP contribution in [0.4, 0.5) is 0 Å². The number of amides is 1. The molecule has 5 nitrogen and oxygen atoms in total. The molecular weight excluding hydrogens is 264 g/mol. The van der Waals surface area contributed by atoms with E-state index in [1.54, 1.807) is 4.90 Å². The molecule has 1 aliphatic heterocycles. The monoisotopic (exact) mass is 290 g/mol. The molecule has 0 aromatic heterocycles. The van der Waals surface area contributed by atoms with Gasteiger partial charge < -0.3 is 10.2 Å². The molecule has 0 radical (unpaired) electrons.